The van der Waals surface area contributed by atoms with Crippen LogP contribution in [0.15, 0.2) is 158 Å². The molecule has 2 aromatic rings. The predicted octanol–water partition coefficient (Wildman–Crippen LogP) is 9.51. The van der Waals surface area contributed by atoms with E-state index < -0.39 is 0 Å². The molecule has 0 fully saturated rings. The van der Waals surface area contributed by atoms with Crippen molar-refractivity contribution in [2.75, 3.05) is 10.2 Å². The standard InChI is InChI=1S/C34H36N2/c1-5-8-12-19-33(7-3)36(34-20-15-11-16-21-34)28(4)22-25-31(6-2)35-32-26-23-30(24-27-32)29-17-13-9-10-14-18-29/h6-13,15-27,35H,2-3,5,14H2,1,4H3/b12-8-,28-22+,31-25+,33-19+. The molecule has 0 saturated heterocycles. The van der Waals surface area contributed by atoms with E-state index in [4.69, 9.17) is 0 Å². The van der Waals surface area contributed by atoms with E-state index >= 15 is 0 Å². The first-order valence-corrected chi connectivity index (χ1v) is 12.4. The summed E-state index contributed by atoms with van der Waals surface area (Å²) in [5.41, 5.74) is 7.54. The topological polar surface area (TPSA) is 15.3 Å². The second-order valence-corrected chi connectivity index (χ2v) is 8.32. The smallest absolute Gasteiger partial charge is 0.0458 e. The minimum Gasteiger partial charge on any atom is -0.356 e. The third kappa shape index (κ3) is 7.61. The zero-order valence-corrected chi connectivity index (χ0v) is 21.4. The van der Waals surface area contributed by atoms with Crippen LogP contribution in [0.1, 0.15) is 32.3 Å². The van der Waals surface area contributed by atoms with Gasteiger partial charge < -0.3 is 10.2 Å². The molecule has 2 aromatic carbocycles. The lowest BCUT2D eigenvalue weighted by Crippen LogP contribution is -2.19. The summed E-state index contributed by atoms with van der Waals surface area (Å²) in [6.45, 7) is 12.3. The van der Waals surface area contributed by atoms with Crippen molar-refractivity contribution < 1.29 is 0 Å². The number of anilines is 2. The number of hydrogen-bond acceptors (Lipinski definition) is 2. The van der Waals surface area contributed by atoms with Crippen molar-refractivity contribution in [3.05, 3.63) is 163 Å². The lowest BCUT2D eigenvalue weighted by Gasteiger charge is -2.26. The number of benzene rings is 2. The van der Waals surface area contributed by atoms with Crippen LogP contribution in [0.5, 0.6) is 0 Å². The Morgan fingerprint density at radius 3 is 2.42 bits per heavy atom. The van der Waals surface area contributed by atoms with Crippen LogP contribution in [-0.4, -0.2) is 0 Å². The molecule has 0 saturated carbocycles. The van der Waals surface area contributed by atoms with E-state index in [1.807, 2.05) is 30.4 Å². The molecule has 0 aliphatic heterocycles. The molecule has 0 spiro atoms. The fourth-order valence-electron chi connectivity index (χ4n) is 3.82. The van der Waals surface area contributed by atoms with E-state index in [1.165, 1.54) is 11.1 Å². The number of allylic oxidation sites excluding steroid dienone is 14. The Hall–Kier alpha value is -4.30. The molecule has 0 radical (unpaired) electrons. The maximum atomic E-state index is 4.06. The van der Waals surface area contributed by atoms with Gasteiger partial charge >= 0.3 is 0 Å². The Balaban J connectivity index is 1.83. The van der Waals surface area contributed by atoms with Gasteiger partial charge in [0.15, 0.2) is 0 Å². The average Bonchev–Trinajstić information content (AvgIpc) is 3.21. The van der Waals surface area contributed by atoms with Gasteiger partial charge in [-0.3, -0.25) is 0 Å². The largest absolute Gasteiger partial charge is 0.356 e. The van der Waals surface area contributed by atoms with Crippen LogP contribution in [0.2, 0.25) is 0 Å². The van der Waals surface area contributed by atoms with Gasteiger partial charge in [0.2, 0.25) is 0 Å². The molecule has 0 atom stereocenters. The summed E-state index contributed by atoms with van der Waals surface area (Å²) < 4.78 is 0. The molecule has 0 amide bonds. The zero-order chi connectivity index (χ0) is 25.6. The normalized spacial score (nSPS) is 14.4. The van der Waals surface area contributed by atoms with Crippen LogP contribution >= 0.6 is 0 Å². The monoisotopic (exact) mass is 472 g/mol. The summed E-state index contributed by atoms with van der Waals surface area (Å²) >= 11 is 0. The first kappa shape index (κ1) is 26.3. The van der Waals surface area contributed by atoms with Crippen molar-refractivity contribution >= 4 is 16.9 Å². The molecule has 2 heteroatoms. The highest BCUT2D eigenvalue weighted by atomic mass is 15.1. The average molecular weight is 473 g/mol. The Morgan fingerprint density at radius 1 is 0.944 bits per heavy atom. The number of nitrogens with one attached hydrogen (secondary N) is 1. The lowest BCUT2D eigenvalue weighted by molar-refractivity contribution is 1.10. The first-order valence-electron chi connectivity index (χ1n) is 12.4. The molecule has 36 heavy (non-hydrogen) atoms. The molecule has 0 aromatic heterocycles. The predicted molar refractivity (Wildman–Crippen MR) is 160 cm³/mol. The van der Waals surface area contributed by atoms with E-state index in [9.17, 15) is 0 Å². The van der Waals surface area contributed by atoms with Gasteiger partial charge in [-0.15, -0.1) is 0 Å². The first-order chi connectivity index (χ1) is 17.7. The number of nitrogens with zero attached hydrogens (tertiary/aromatic N) is 1. The molecule has 2 nitrogen and oxygen atoms in total. The zero-order valence-electron chi connectivity index (χ0n) is 21.4. The van der Waals surface area contributed by atoms with Crippen molar-refractivity contribution in [3.8, 4) is 0 Å². The van der Waals surface area contributed by atoms with E-state index in [1.54, 1.807) is 0 Å². The Kier molecular flexibility index (Phi) is 10.4. The van der Waals surface area contributed by atoms with Crippen molar-refractivity contribution in [2.24, 2.45) is 0 Å². The number of rotatable bonds is 11. The summed E-state index contributed by atoms with van der Waals surface area (Å²) in [4.78, 5) is 2.20. The lowest BCUT2D eigenvalue weighted by atomic mass is 10.0. The Morgan fingerprint density at radius 2 is 1.72 bits per heavy atom. The van der Waals surface area contributed by atoms with Crippen LogP contribution < -0.4 is 10.2 Å². The van der Waals surface area contributed by atoms with E-state index in [0.717, 1.165) is 41.3 Å². The number of hydrogen-bond donors (Lipinski definition) is 1. The van der Waals surface area contributed by atoms with Crippen molar-refractivity contribution in [1.82, 2.24) is 0 Å². The molecule has 1 aliphatic rings. The van der Waals surface area contributed by atoms with Gasteiger partial charge in [0.05, 0.1) is 0 Å². The second-order valence-electron chi connectivity index (χ2n) is 8.32. The summed E-state index contributed by atoms with van der Waals surface area (Å²) in [5.74, 6) is 0. The van der Waals surface area contributed by atoms with Gasteiger partial charge in [-0.25, -0.2) is 0 Å². The van der Waals surface area contributed by atoms with Crippen LogP contribution in [-0.2, 0) is 0 Å². The highest BCUT2D eigenvalue weighted by molar-refractivity contribution is 5.76. The Bertz CT molecular complexity index is 1230. The molecular weight excluding hydrogens is 436 g/mol. The van der Waals surface area contributed by atoms with E-state index in [0.29, 0.717) is 0 Å². The third-order valence-corrected chi connectivity index (χ3v) is 5.70. The van der Waals surface area contributed by atoms with Gasteiger partial charge in [0.1, 0.15) is 0 Å². The molecular formula is C34H36N2. The summed E-state index contributed by atoms with van der Waals surface area (Å²) in [5, 5.41) is 3.47. The van der Waals surface area contributed by atoms with Gasteiger partial charge in [0, 0.05) is 28.5 Å². The maximum Gasteiger partial charge on any atom is 0.0458 e. The molecule has 182 valence electrons. The summed E-state index contributed by atoms with van der Waals surface area (Å²) in [7, 11) is 0. The van der Waals surface area contributed by atoms with Crippen molar-refractivity contribution in [3.63, 3.8) is 0 Å². The molecule has 3 rings (SSSR count). The van der Waals surface area contributed by atoms with E-state index in [-0.39, 0.29) is 0 Å². The fourth-order valence-corrected chi connectivity index (χ4v) is 3.82. The van der Waals surface area contributed by atoms with E-state index in [2.05, 4.69) is 134 Å². The third-order valence-electron chi connectivity index (χ3n) is 5.70. The summed E-state index contributed by atoms with van der Waals surface area (Å²) in [6, 6.07) is 18.8. The Labute approximate surface area is 217 Å². The highest BCUT2D eigenvalue weighted by Crippen LogP contribution is 2.26. The quantitative estimate of drug-likeness (QED) is 0.328. The SMILES string of the molecule is C=C/C(=C\C=C(/C)N(/C(C=C)=C/C=C\CC)c1ccccc1)Nc1ccc(C2=CCC=CC=C2)cc1. The second kappa shape index (κ2) is 14.2. The molecule has 1 N–H and O–H groups in total. The van der Waals surface area contributed by atoms with Crippen LogP contribution in [0.3, 0.4) is 0 Å². The minimum absolute atomic E-state index is 0.919. The van der Waals surface area contributed by atoms with Gasteiger partial charge in [0.25, 0.3) is 0 Å². The van der Waals surface area contributed by atoms with Crippen molar-refractivity contribution in [1.29, 1.82) is 0 Å². The van der Waals surface area contributed by atoms with Crippen LogP contribution in [0.4, 0.5) is 11.4 Å². The van der Waals surface area contributed by atoms with Crippen molar-refractivity contribution in [2.45, 2.75) is 26.7 Å². The molecule has 0 heterocycles. The van der Waals surface area contributed by atoms with Crippen LogP contribution in [0.25, 0.3) is 5.57 Å². The highest BCUT2D eigenvalue weighted by Gasteiger charge is 2.11. The minimum atomic E-state index is 0.919. The summed E-state index contributed by atoms with van der Waals surface area (Å²) in [6.07, 6.45) is 26.8. The van der Waals surface area contributed by atoms with Gasteiger partial charge in [-0.2, -0.15) is 0 Å². The number of para-hydroxylation sites is 1. The molecule has 0 bridgehead atoms. The van der Waals surface area contributed by atoms with Gasteiger partial charge in [-0.05, 0) is 85.5 Å². The molecule has 1 aliphatic carbocycles. The van der Waals surface area contributed by atoms with Gasteiger partial charge in [-0.1, -0.05) is 92.9 Å². The van der Waals surface area contributed by atoms with Crippen LogP contribution in [0, 0.1) is 0 Å². The fraction of sp³-hybridized carbons (Fsp3) is 0.118. The molecule has 0 unspecified atom stereocenters. The maximum absolute atomic E-state index is 4.06.